The van der Waals surface area contributed by atoms with E-state index in [1.807, 2.05) is 5.32 Å². The number of aryl methyl sites for hydroxylation is 1. The van der Waals surface area contributed by atoms with E-state index in [-0.39, 0.29) is 11.0 Å². The Hall–Kier alpha value is -3.20. The molecule has 9 heteroatoms. The molecule has 0 aromatic carbocycles. The predicted molar refractivity (Wildman–Crippen MR) is 101 cm³/mol. The number of aromatic nitrogens is 2. The maximum atomic E-state index is 12.6. The lowest BCUT2D eigenvalue weighted by atomic mass is 9.94. The highest BCUT2D eigenvalue weighted by Gasteiger charge is 2.26. The van der Waals surface area contributed by atoms with Gasteiger partial charge in [-0.3, -0.25) is 14.2 Å². The smallest absolute Gasteiger partial charge is 0.328 e. The fraction of sp³-hybridized carbons (Fsp3) is 0.368. The molecule has 1 amide bonds. The number of aromatic hydroxyl groups is 1. The maximum absolute atomic E-state index is 12.6. The van der Waals surface area contributed by atoms with Crippen molar-refractivity contribution in [2.45, 2.75) is 31.7 Å². The molecule has 0 aliphatic heterocycles. The highest BCUT2D eigenvalue weighted by Crippen LogP contribution is 2.31. The van der Waals surface area contributed by atoms with Crippen LogP contribution in [0.5, 0.6) is 5.75 Å². The van der Waals surface area contributed by atoms with E-state index in [0.29, 0.717) is 0 Å². The molecular formula is C19H21N3O6. The second-order valence-electron chi connectivity index (χ2n) is 6.70. The van der Waals surface area contributed by atoms with Crippen LogP contribution in [-0.4, -0.2) is 49.4 Å². The summed E-state index contributed by atoms with van der Waals surface area (Å²) in [6.45, 7) is -0.852. The standard InChI is InChI=1S/C19H21N3O6/c1-22-16-12(7-11(8-20-16)10-5-3-2-4-6-10)15(24)14(18(22)26)17(25)21-13(9-23)19(27)28/h5,7-8,13,23-24H,2-4,6,9H2,1H3,(H,21,25)(H,27,28). The van der Waals surface area contributed by atoms with Crippen LogP contribution in [0.1, 0.15) is 41.6 Å². The molecule has 148 valence electrons. The first kappa shape index (κ1) is 19.6. The number of aliphatic hydroxyl groups is 1. The summed E-state index contributed by atoms with van der Waals surface area (Å²) >= 11 is 0. The molecule has 9 nitrogen and oxygen atoms in total. The Morgan fingerprint density at radius 3 is 2.71 bits per heavy atom. The minimum atomic E-state index is -1.59. The van der Waals surface area contributed by atoms with Crippen LogP contribution in [0.4, 0.5) is 0 Å². The molecule has 4 N–H and O–H groups in total. The molecule has 1 unspecified atom stereocenters. The third-order valence-electron chi connectivity index (χ3n) is 4.87. The SMILES string of the molecule is Cn1c(=O)c(C(=O)NC(CO)C(=O)O)c(O)c2cc(C3=CCCCC3)cnc21. The number of hydrogen-bond donors (Lipinski definition) is 4. The lowest BCUT2D eigenvalue weighted by Crippen LogP contribution is -2.45. The van der Waals surface area contributed by atoms with Crippen LogP contribution in [0.3, 0.4) is 0 Å². The number of carboxylic acids is 1. The number of aliphatic carboxylic acids is 1. The topological polar surface area (TPSA) is 142 Å². The van der Waals surface area contributed by atoms with Crippen molar-refractivity contribution in [3.05, 3.63) is 39.8 Å². The van der Waals surface area contributed by atoms with E-state index in [2.05, 4.69) is 11.1 Å². The number of allylic oxidation sites excluding steroid dienone is 2. The van der Waals surface area contributed by atoms with Gasteiger partial charge in [0.05, 0.1) is 12.0 Å². The number of carbonyl (C=O) groups is 2. The molecule has 0 spiro atoms. The molecule has 0 bridgehead atoms. The van der Waals surface area contributed by atoms with Gasteiger partial charge in [0, 0.05) is 13.2 Å². The molecule has 1 atom stereocenters. The zero-order valence-electron chi connectivity index (χ0n) is 15.3. The number of aliphatic hydroxyl groups excluding tert-OH is 1. The van der Waals surface area contributed by atoms with Gasteiger partial charge in [-0.25, -0.2) is 9.78 Å². The minimum absolute atomic E-state index is 0.205. The zero-order valence-corrected chi connectivity index (χ0v) is 15.3. The number of fused-ring (bicyclic) bond motifs is 1. The van der Waals surface area contributed by atoms with Crippen LogP contribution in [0.2, 0.25) is 0 Å². The van der Waals surface area contributed by atoms with Crippen molar-refractivity contribution in [1.29, 1.82) is 0 Å². The van der Waals surface area contributed by atoms with Crippen LogP contribution < -0.4 is 10.9 Å². The molecule has 2 aromatic rings. The third kappa shape index (κ3) is 3.48. The van der Waals surface area contributed by atoms with Crippen molar-refractivity contribution in [3.63, 3.8) is 0 Å². The molecule has 2 heterocycles. The van der Waals surface area contributed by atoms with Crippen molar-refractivity contribution in [1.82, 2.24) is 14.9 Å². The number of carboxylic acid groups (broad SMARTS) is 1. The van der Waals surface area contributed by atoms with Gasteiger partial charge in [0.1, 0.15) is 17.0 Å². The molecule has 2 aromatic heterocycles. The minimum Gasteiger partial charge on any atom is -0.506 e. The van der Waals surface area contributed by atoms with Crippen LogP contribution in [0, 0.1) is 0 Å². The molecular weight excluding hydrogens is 366 g/mol. The average Bonchev–Trinajstić information content (AvgIpc) is 2.70. The predicted octanol–water partition coefficient (Wildman–Crippen LogP) is 0.772. The fourth-order valence-electron chi connectivity index (χ4n) is 3.30. The molecule has 28 heavy (non-hydrogen) atoms. The fourth-order valence-corrected chi connectivity index (χ4v) is 3.30. The largest absolute Gasteiger partial charge is 0.506 e. The highest BCUT2D eigenvalue weighted by atomic mass is 16.4. The Morgan fingerprint density at radius 1 is 1.36 bits per heavy atom. The highest BCUT2D eigenvalue weighted by molar-refractivity contribution is 6.03. The Balaban J connectivity index is 2.13. The van der Waals surface area contributed by atoms with Gasteiger partial charge < -0.3 is 20.6 Å². The van der Waals surface area contributed by atoms with Crippen molar-refractivity contribution in [3.8, 4) is 5.75 Å². The molecule has 0 radical (unpaired) electrons. The lowest BCUT2D eigenvalue weighted by molar-refractivity contribution is -0.140. The van der Waals surface area contributed by atoms with E-state index in [4.69, 9.17) is 10.2 Å². The number of nitrogens with zero attached hydrogens (tertiary/aromatic N) is 2. The summed E-state index contributed by atoms with van der Waals surface area (Å²) in [5.41, 5.74) is 0.682. The van der Waals surface area contributed by atoms with E-state index in [0.717, 1.165) is 41.4 Å². The molecule has 3 rings (SSSR count). The summed E-state index contributed by atoms with van der Waals surface area (Å²) in [6, 6.07) is 0.0790. The van der Waals surface area contributed by atoms with Gasteiger partial charge in [-0.05, 0) is 42.9 Å². The third-order valence-corrected chi connectivity index (χ3v) is 4.87. The van der Waals surface area contributed by atoms with Crippen LogP contribution >= 0.6 is 0 Å². The van der Waals surface area contributed by atoms with Crippen LogP contribution in [0.15, 0.2) is 23.1 Å². The zero-order chi connectivity index (χ0) is 20.4. The number of pyridine rings is 2. The molecule has 0 saturated carbocycles. The van der Waals surface area contributed by atoms with Crippen molar-refractivity contribution >= 4 is 28.5 Å². The molecule has 1 aliphatic carbocycles. The van der Waals surface area contributed by atoms with E-state index in [9.17, 15) is 19.5 Å². The number of hydrogen-bond acceptors (Lipinski definition) is 6. The quantitative estimate of drug-likeness (QED) is 0.594. The molecule has 0 fully saturated rings. The Labute approximate surface area is 159 Å². The summed E-state index contributed by atoms with van der Waals surface area (Å²) in [5.74, 6) is -3.10. The summed E-state index contributed by atoms with van der Waals surface area (Å²) < 4.78 is 1.12. The van der Waals surface area contributed by atoms with E-state index >= 15 is 0 Å². The maximum Gasteiger partial charge on any atom is 0.328 e. The van der Waals surface area contributed by atoms with Crippen molar-refractivity contribution in [2.24, 2.45) is 7.05 Å². The van der Waals surface area contributed by atoms with Gasteiger partial charge in [0.25, 0.3) is 11.5 Å². The first-order valence-corrected chi connectivity index (χ1v) is 8.90. The Morgan fingerprint density at radius 2 is 2.11 bits per heavy atom. The van der Waals surface area contributed by atoms with Crippen molar-refractivity contribution in [2.75, 3.05) is 6.61 Å². The summed E-state index contributed by atoms with van der Waals surface area (Å²) in [5, 5.41) is 30.9. The van der Waals surface area contributed by atoms with Gasteiger partial charge in [0.2, 0.25) is 0 Å². The Kier molecular flexibility index (Phi) is 5.46. The second-order valence-corrected chi connectivity index (χ2v) is 6.70. The normalized spacial score (nSPS) is 15.1. The van der Waals surface area contributed by atoms with Crippen LogP contribution in [-0.2, 0) is 11.8 Å². The lowest BCUT2D eigenvalue weighted by Gasteiger charge is -2.16. The number of carbonyl (C=O) groups excluding carboxylic acids is 1. The van der Waals surface area contributed by atoms with Gasteiger partial charge in [-0.2, -0.15) is 0 Å². The van der Waals surface area contributed by atoms with E-state index in [1.165, 1.54) is 7.05 Å². The monoisotopic (exact) mass is 387 g/mol. The summed E-state index contributed by atoms with van der Waals surface area (Å²) in [4.78, 5) is 40.3. The average molecular weight is 387 g/mol. The first-order valence-electron chi connectivity index (χ1n) is 8.90. The summed E-state index contributed by atoms with van der Waals surface area (Å²) in [6.07, 6.45) is 7.74. The van der Waals surface area contributed by atoms with Gasteiger partial charge >= 0.3 is 5.97 Å². The number of amides is 1. The van der Waals surface area contributed by atoms with Gasteiger partial charge in [-0.1, -0.05) is 6.08 Å². The number of nitrogens with one attached hydrogen (secondary N) is 1. The Bertz CT molecular complexity index is 1040. The van der Waals surface area contributed by atoms with E-state index < -0.39 is 41.4 Å². The number of rotatable bonds is 5. The summed E-state index contributed by atoms with van der Waals surface area (Å²) in [7, 11) is 1.41. The van der Waals surface area contributed by atoms with E-state index in [1.54, 1.807) is 12.3 Å². The van der Waals surface area contributed by atoms with Gasteiger partial charge in [-0.15, -0.1) is 0 Å². The van der Waals surface area contributed by atoms with Gasteiger partial charge in [0.15, 0.2) is 6.04 Å². The molecule has 0 saturated heterocycles. The van der Waals surface area contributed by atoms with Crippen molar-refractivity contribution < 1.29 is 24.9 Å². The van der Waals surface area contributed by atoms with Crippen LogP contribution in [0.25, 0.3) is 16.6 Å². The molecule has 1 aliphatic rings. The second kappa shape index (κ2) is 7.81. The first-order chi connectivity index (χ1) is 13.3.